The second kappa shape index (κ2) is 15.5. The Balaban J connectivity index is 1.16. The summed E-state index contributed by atoms with van der Waals surface area (Å²) in [4.78, 5) is 13.2. The molecule has 4 heterocycles. The van der Waals surface area contributed by atoms with E-state index >= 15 is 0 Å². The molecule has 2 aliphatic rings. The zero-order chi connectivity index (χ0) is 47.6. The van der Waals surface area contributed by atoms with Crippen LogP contribution in [0.15, 0.2) is 186 Å². The Kier molecular flexibility index (Phi) is 9.59. The normalized spacial score (nSPS) is 13.5. The molecule has 0 saturated carbocycles. The number of hydrogen-bond donors (Lipinski definition) is 0. The van der Waals surface area contributed by atoms with Gasteiger partial charge in [-0.2, -0.15) is 0 Å². The van der Waals surface area contributed by atoms with Crippen LogP contribution in [0.5, 0.6) is 0 Å². The monoisotopic (exact) mass is 896 g/mol. The van der Waals surface area contributed by atoms with Gasteiger partial charge in [0.15, 0.2) is 5.58 Å². The summed E-state index contributed by atoms with van der Waals surface area (Å²) in [7, 11) is 0. The fourth-order valence-electron chi connectivity index (χ4n) is 11.2. The summed E-state index contributed by atoms with van der Waals surface area (Å²) in [5.41, 5.74) is 16.6. The van der Waals surface area contributed by atoms with Gasteiger partial charge in [-0.3, -0.25) is 9.80 Å². The van der Waals surface area contributed by atoms with Crippen molar-refractivity contribution in [2.24, 2.45) is 0 Å². The van der Waals surface area contributed by atoms with Crippen LogP contribution in [0.2, 0.25) is 0 Å². The fraction of sp³-hybridized carbons (Fsp3) is 0.190. The first kappa shape index (κ1) is 42.8. The topological polar surface area (TPSA) is 35.8 Å². The van der Waals surface area contributed by atoms with Gasteiger partial charge in [0.25, 0.3) is 6.71 Å². The van der Waals surface area contributed by atoms with E-state index in [-0.39, 0.29) is 23.0 Å². The number of para-hydroxylation sites is 4. The highest BCUT2D eigenvalue weighted by Gasteiger charge is 2.44. The molecule has 0 spiro atoms. The van der Waals surface area contributed by atoms with Crippen molar-refractivity contribution in [3.63, 3.8) is 0 Å². The molecule has 0 radical (unpaired) electrons. The van der Waals surface area contributed by atoms with E-state index in [1.165, 1.54) is 44.1 Å². The first-order valence-electron chi connectivity index (χ1n) is 24.4. The van der Waals surface area contributed by atoms with E-state index in [2.05, 4.69) is 259 Å². The first-order valence-corrected chi connectivity index (χ1v) is 24.4. The minimum Gasteiger partial charge on any atom is -0.454 e. The molecule has 0 atom stereocenters. The lowest BCUT2D eigenvalue weighted by Gasteiger charge is -2.43. The van der Waals surface area contributed by atoms with Gasteiger partial charge in [-0.25, -0.2) is 4.98 Å². The van der Waals surface area contributed by atoms with E-state index in [0.29, 0.717) is 0 Å². The summed E-state index contributed by atoms with van der Waals surface area (Å²) in [6.45, 7) is 20.4. The van der Waals surface area contributed by atoms with Crippen molar-refractivity contribution in [3.8, 4) is 0 Å². The highest BCUT2D eigenvalue weighted by Crippen LogP contribution is 2.49. The molecule has 0 N–H and O–H groups in total. The minimum atomic E-state index is -0.120. The number of hydrogen-bond acceptors (Lipinski definition) is 5. The highest BCUT2D eigenvalue weighted by molar-refractivity contribution is 7.00. The zero-order valence-electron chi connectivity index (χ0n) is 41.1. The van der Waals surface area contributed by atoms with Gasteiger partial charge in [-0.15, -0.1) is 0 Å². The van der Waals surface area contributed by atoms with Gasteiger partial charge in [0.2, 0.25) is 0 Å². The molecule has 69 heavy (non-hydrogen) atoms. The number of anilines is 9. The third-order valence-electron chi connectivity index (χ3n) is 14.5. The lowest BCUT2D eigenvalue weighted by molar-refractivity contribution is 0.573. The maximum Gasteiger partial charge on any atom is 0.254 e. The Morgan fingerprint density at radius 2 is 1.03 bits per heavy atom. The molecule has 0 aliphatic carbocycles. The number of benzene rings is 8. The molecule has 338 valence electrons. The molecule has 10 aromatic rings. The zero-order valence-corrected chi connectivity index (χ0v) is 41.1. The number of rotatable bonds is 5. The van der Waals surface area contributed by atoms with Crippen molar-refractivity contribution in [2.75, 3.05) is 14.7 Å². The second-order valence-corrected chi connectivity index (χ2v) is 22.0. The molecule has 0 unspecified atom stereocenters. The van der Waals surface area contributed by atoms with Gasteiger partial charge in [-0.05, 0) is 110 Å². The van der Waals surface area contributed by atoms with Gasteiger partial charge in [0, 0.05) is 50.2 Å². The average molecular weight is 897 g/mol. The molecule has 0 bridgehead atoms. The summed E-state index contributed by atoms with van der Waals surface area (Å²) >= 11 is 0. The van der Waals surface area contributed by atoms with Crippen LogP contribution in [0.3, 0.4) is 0 Å². The third-order valence-corrected chi connectivity index (χ3v) is 14.5. The molecule has 0 saturated heterocycles. The van der Waals surface area contributed by atoms with Crippen LogP contribution in [0.1, 0.15) is 79.0 Å². The van der Waals surface area contributed by atoms with Crippen molar-refractivity contribution in [3.05, 3.63) is 199 Å². The summed E-state index contributed by atoms with van der Waals surface area (Å²) in [5, 5.41) is 4.62. The van der Waals surface area contributed by atoms with E-state index in [4.69, 9.17) is 9.40 Å². The molecule has 2 aromatic heterocycles. The van der Waals surface area contributed by atoms with Gasteiger partial charge in [0.05, 0.1) is 11.4 Å². The minimum absolute atomic E-state index is 0.00107. The summed E-state index contributed by atoms with van der Waals surface area (Å²) in [6, 6.07) is 66.8. The van der Waals surface area contributed by atoms with E-state index in [0.717, 1.165) is 73.2 Å². The number of aromatic nitrogens is 1. The van der Waals surface area contributed by atoms with Gasteiger partial charge in [-0.1, -0.05) is 184 Å². The molecule has 5 nitrogen and oxygen atoms in total. The molecule has 6 heteroatoms. The molecule has 2 aliphatic heterocycles. The predicted molar refractivity (Wildman–Crippen MR) is 294 cm³/mol. The maximum absolute atomic E-state index is 7.22. The van der Waals surface area contributed by atoms with Gasteiger partial charge >= 0.3 is 0 Å². The van der Waals surface area contributed by atoms with E-state index in [1.54, 1.807) is 0 Å². The van der Waals surface area contributed by atoms with Crippen LogP contribution in [0, 0.1) is 0 Å². The smallest absolute Gasteiger partial charge is 0.254 e. The molecule has 12 rings (SSSR count). The molecular weight excluding hydrogens is 840 g/mol. The third kappa shape index (κ3) is 6.78. The van der Waals surface area contributed by atoms with E-state index in [9.17, 15) is 0 Å². The number of nitrogens with zero attached hydrogens (tertiary/aromatic N) is 4. The van der Waals surface area contributed by atoms with Crippen molar-refractivity contribution in [2.45, 2.75) is 78.6 Å². The van der Waals surface area contributed by atoms with Crippen molar-refractivity contribution in [1.29, 1.82) is 0 Å². The van der Waals surface area contributed by atoms with E-state index in [1.807, 2.05) is 0 Å². The Morgan fingerprint density at radius 1 is 0.435 bits per heavy atom. The molecule has 8 aromatic carbocycles. The summed E-state index contributed by atoms with van der Waals surface area (Å²) in [5.74, 6) is 1.71. The van der Waals surface area contributed by atoms with Crippen LogP contribution >= 0.6 is 0 Å². The fourth-order valence-corrected chi connectivity index (χ4v) is 11.2. The quantitative estimate of drug-likeness (QED) is 0.161. The van der Waals surface area contributed by atoms with Crippen molar-refractivity contribution < 1.29 is 4.42 Å². The highest BCUT2D eigenvalue weighted by atomic mass is 16.3. The maximum atomic E-state index is 7.22. The Bertz CT molecular complexity index is 3650. The number of pyridine rings is 1. The Morgan fingerprint density at radius 3 is 1.75 bits per heavy atom. The van der Waals surface area contributed by atoms with Crippen LogP contribution in [-0.2, 0) is 16.2 Å². The average Bonchev–Trinajstić information content (AvgIpc) is 3.73. The summed E-state index contributed by atoms with van der Waals surface area (Å²) in [6.07, 6.45) is 0. The second-order valence-electron chi connectivity index (χ2n) is 22.0. The molecule has 0 fully saturated rings. The number of fused-ring (bicyclic) bond motifs is 8. The van der Waals surface area contributed by atoms with E-state index < -0.39 is 0 Å². The first-order chi connectivity index (χ1) is 33.2. The van der Waals surface area contributed by atoms with Crippen LogP contribution < -0.4 is 31.1 Å². The largest absolute Gasteiger partial charge is 0.454 e. The van der Waals surface area contributed by atoms with Crippen LogP contribution in [0.4, 0.5) is 51.4 Å². The Labute approximate surface area is 406 Å². The lowest BCUT2D eigenvalue weighted by Crippen LogP contribution is -2.61. The Hall–Kier alpha value is -7.57. The lowest BCUT2D eigenvalue weighted by atomic mass is 9.33. The number of furan rings is 1. The van der Waals surface area contributed by atoms with Crippen molar-refractivity contribution >= 4 is 107 Å². The van der Waals surface area contributed by atoms with Gasteiger partial charge < -0.3 is 9.32 Å². The van der Waals surface area contributed by atoms with Crippen LogP contribution in [0.25, 0.3) is 32.7 Å². The SMILES string of the molecule is CC(C)(C)c1ccc(N(c2ccc3c(n2)N(c2cccc4c2oc2c(C(C)(C)C)cccc24)c2cccc4c2B3c2ccccc2N4c2ccccc2)c2ccc(C(C)(C)C)c3ccccc23)cc1. The molecule has 0 amide bonds. The standard InChI is InChI=1S/C63H57BN4O/c1-61(2,3)40-32-34-42(35-33-40)67(51-38-36-47(62(4,5)6)43-22-13-14-23-44(43)51)56-39-37-50-60(65-56)68(55-31-18-25-46-45-24-17-26-48(63(7,8)9)58(45)69-59(46)55)54-30-19-29-53-57(54)64(50)49-27-15-16-28-52(49)66(53)41-20-11-10-12-21-41/h10-39H,1-9H3. The molecular formula is C63H57BN4O. The predicted octanol–water partition coefficient (Wildman–Crippen LogP) is 15.6. The summed E-state index contributed by atoms with van der Waals surface area (Å²) < 4.78 is 7.22. The van der Waals surface area contributed by atoms with Crippen molar-refractivity contribution in [1.82, 2.24) is 4.98 Å². The van der Waals surface area contributed by atoms with Crippen LogP contribution in [-0.4, -0.2) is 11.7 Å². The van der Waals surface area contributed by atoms with Gasteiger partial charge in [0.1, 0.15) is 17.2 Å².